The summed E-state index contributed by atoms with van der Waals surface area (Å²) >= 11 is 0. The molecule has 1 aliphatic carbocycles. The minimum Gasteiger partial charge on any atom is -0.460 e. The summed E-state index contributed by atoms with van der Waals surface area (Å²) in [4.78, 5) is 37.0. The van der Waals surface area contributed by atoms with Crippen LogP contribution in [0.4, 0.5) is 5.69 Å². The van der Waals surface area contributed by atoms with Crippen molar-refractivity contribution in [1.29, 1.82) is 0 Å². The molecule has 4 rings (SSSR count). The highest BCUT2D eigenvalue weighted by molar-refractivity contribution is 5.92. The van der Waals surface area contributed by atoms with Crippen LogP contribution in [0.5, 0.6) is 0 Å². The van der Waals surface area contributed by atoms with Gasteiger partial charge in [-0.2, -0.15) is 0 Å². The van der Waals surface area contributed by atoms with Crippen LogP contribution < -0.4 is 5.32 Å². The number of amides is 1. The molecule has 9 nitrogen and oxygen atoms in total. The average Bonchev–Trinajstić information content (AvgIpc) is 3.85. The molecule has 1 N–H and O–H groups in total. The second kappa shape index (κ2) is 13.6. The van der Waals surface area contributed by atoms with Crippen LogP contribution >= 0.6 is 0 Å². The van der Waals surface area contributed by atoms with Gasteiger partial charge in [0.05, 0.1) is 18.6 Å². The molecule has 9 heteroatoms. The van der Waals surface area contributed by atoms with Crippen molar-refractivity contribution in [3.8, 4) is 0 Å². The zero-order chi connectivity index (χ0) is 31.4. The smallest absolute Gasteiger partial charge is 0.306 e. The number of hydrogen-bond donors (Lipinski definition) is 1. The zero-order valence-electron chi connectivity index (χ0n) is 26.8. The lowest BCUT2D eigenvalue weighted by Gasteiger charge is -2.42. The van der Waals surface area contributed by atoms with Gasteiger partial charge in [0.25, 0.3) is 0 Å². The minimum atomic E-state index is -0.498. The number of Topliss-reactive ketones (excluding diaryl/α,β-unsaturated/α-hetero) is 1. The van der Waals surface area contributed by atoms with Gasteiger partial charge in [0.2, 0.25) is 5.91 Å². The number of epoxide rings is 2. The summed E-state index contributed by atoms with van der Waals surface area (Å²) in [5.74, 6) is -0.595. The van der Waals surface area contributed by atoms with Crippen molar-refractivity contribution in [2.24, 2.45) is 11.3 Å². The fourth-order valence-electron chi connectivity index (χ4n) is 6.14. The third kappa shape index (κ3) is 8.53. The van der Waals surface area contributed by atoms with E-state index in [4.69, 9.17) is 23.7 Å². The number of ether oxygens (including phenoxy) is 5. The summed E-state index contributed by atoms with van der Waals surface area (Å²) in [6, 6.07) is 7.49. The molecule has 2 aliphatic heterocycles. The van der Waals surface area contributed by atoms with Crippen molar-refractivity contribution < 1.29 is 38.1 Å². The Morgan fingerprint density at radius 3 is 2.42 bits per heavy atom. The van der Waals surface area contributed by atoms with E-state index in [-0.39, 0.29) is 66.3 Å². The van der Waals surface area contributed by atoms with E-state index in [1.165, 1.54) is 5.57 Å². The lowest BCUT2D eigenvalue weighted by Crippen LogP contribution is -2.55. The molecule has 1 aromatic carbocycles. The van der Waals surface area contributed by atoms with E-state index in [1.807, 2.05) is 45.0 Å². The molecule has 3 aliphatic rings. The van der Waals surface area contributed by atoms with Gasteiger partial charge in [-0.25, -0.2) is 0 Å². The van der Waals surface area contributed by atoms with Gasteiger partial charge in [-0.15, -0.1) is 0 Å². The third-order valence-electron chi connectivity index (χ3n) is 8.91. The van der Waals surface area contributed by atoms with Crippen LogP contribution in [0.1, 0.15) is 79.2 Å². The van der Waals surface area contributed by atoms with Gasteiger partial charge in [-0.05, 0) is 70.6 Å². The number of allylic oxidation sites excluding steroid dienone is 1. The second-order valence-corrected chi connectivity index (χ2v) is 13.7. The molecule has 2 saturated heterocycles. The Kier molecular flexibility index (Phi) is 10.5. The predicted molar refractivity (Wildman–Crippen MR) is 163 cm³/mol. The van der Waals surface area contributed by atoms with Crippen LogP contribution in [-0.4, -0.2) is 74.1 Å². The maximum Gasteiger partial charge on any atom is 0.306 e. The molecule has 43 heavy (non-hydrogen) atoms. The molecular formula is C34H49NO8. The highest BCUT2D eigenvalue weighted by Crippen LogP contribution is 2.59. The lowest BCUT2D eigenvalue weighted by atomic mass is 9.68. The Labute approximate surface area is 256 Å². The first-order valence-corrected chi connectivity index (χ1v) is 15.4. The summed E-state index contributed by atoms with van der Waals surface area (Å²) < 4.78 is 29.5. The summed E-state index contributed by atoms with van der Waals surface area (Å²) in [6.45, 7) is 12.2. The number of anilines is 1. The minimum absolute atomic E-state index is 0.00339. The number of rotatable bonds is 14. The van der Waals surface area contributed by atoms with E-state index in [9.17, 15) is 14.4 Å². The molecule has 2 heterocycles. The van der Waals surface area contributed by atoms with Gasteiger partial charge in [-0.3, -0.25) is 14.4 Å². The molecular weight excluding hydrogens is 550 g/mol. The average molecular weight is 600 g/mol. The molecule has 3 fully saturated rings. The summed E-state index contributed by atoms with van der Waals surface area (Å²) in [5, 5.41) is 2.77. The number of nitrogens with one attached hydrogen (secondary N) is 1. The number of hydrogen-bond acceptors (Lipinski definition) is 8. The molecule has 0 aromatic heterocycles. The van der Waals surface area contributed by atoms with Gasteiger partial charge < -0.3 is 29.0 Å². The van der Waals surface area contributed by atoms with E-state index >= 15 is 0 Å². The van der Waals surface area contributed by atoms with E-state index in [2.05, 4.69) is 32.2 Å². The molecule has 0 unspecified atom stereocenters. The van der Waals surface area contributed by atoms with Crippen molar-refractivity contribution in [3.05, 3.63) is 41.5 Å². The number of ketones is 1. The predicted octanol–water partition coefficient (Wildman–Crippen LogP) is 5.20. The maximum absolute atomic E-state index is 12.9. The maximum atomic E-state index is 12.9. The SMILES string of the molecule is CO[C@@H]1[C@H](OC(=O)CCCc2ccc(NC(=O)COCC(=O)C(C)(C)C)cc2)CC[C@]2(CO2)[C@H]1[C@@]1(C)O[C@@H]1CC=C(C)C. The zero-order valence-corrected chi connectivity index (χ0v) is 26.8. The first-order valence-electron chi connectivity index (χ1n) is 15.4. The van der Waals surface area contributed by atoms with Crippen molar-refractivity contribution in [2.45, 2.75) is 110 Å². The number of carbonyl (C=O) groups is 3. The summed E-state index contributed by atoms with van der Waals surface area (Å²) in [5.41, 5.74) is 1.86. The van der Waals surface area contributed by atoms with Gasteiger partial charge in [-0.1, -0.05) is 44.6 Å². The molecule has 0 bridgehead atoms. The van der Waals surface area contributed by atoms with Crippen LogP contribution in [0.15, 0.2) is 35.9 Å². The Bertz CT molecular complexity index is 1180. The van der Waals surface area contributed by atoms with Crippen molar-refractivity contribution in [3.63, 3.8) is 0 Å². The Balaban J connectivity index is 1.21. The standard InChI is InChI=1S/C34H49NO8/c1-22(2)11-16-27-33(6,43-27)31-30(39-7)25(17-18-34(31)21-41-34)42-29(38)10-8-9-23-12-14-24(15-13-23)35-28(37)20-40-19-26(36)32(3,4)5/h11-15,25,27,30-31H,8-10,16-21H2,1-7H3,(H,35,37)/t25-,27-,30-,31-,33+,34+/m1/s1. The van der Waals surface area contributed by atoms with E-state index in [0.717, 1.165) is 18.4 Å². The lowest BCUT2D eigenvalue weighted by molar-refractivity contribution is -0.172. The van der Waals surface area contributed by atoms with Crippen LogP contribution in [0, 0.1) is 11.3 Å². The molecule has 0 radical (unpaired) electrons. The first-order chi connectivity index (χ1) is 20.3. The number of benzene rings is 1. The first kappa shape index (κ1) is 33.3. The number of aryl methyl sites for hydroxylation is 1. The van der Waals surface area contributed by atoms with Crippen molar-refractivity contribution in [2.75, 3.05) is 32.2 Å². The van der Waals surface area contributed by atoms with Gasteiger partial charge >= 0.3 is 5.97 Å². The van der Waals surface area contributed by atoms with Gasteiger partial charge in [0, 0.05) is 24.6 Å². The number of esters is 1. The Hall–Kier alpha value is -2.59. The molecule has 6 atom stereocenters. The third-order valence-corrected chi connectivity index (χ3v) is 8.91. The van der Waals surface area contributed by atoms with Crippen LogP contribution in [0.25, 0.3) is 0 Å². The van der Waals surface area contributed by atoms with Gasteiger partial charge in [0.15, 0.2) is 5.78 Å². The highest BCUT2D eigenvalue weighted by atomic mass is 16.6. The molecule has 1 spiro atoms. The number of methoxy groups -OCH3 is 1. The fraction of sp³-hybridized carbons (Fsp3) is 0.676. The van der Waals surface area contributed by atoms with Crippen LogP contribution in [-0.2, 0) is 44.5 Å². The van der Waals surface area contributed by atoms with Crippen LogP contribution in [0.3, 0.4) is 0 Å². The molecule has 1 aromatic rings. The van der Waals surface area contributed by atoms with E-state index in [0.29, 0.717) is 38.0 Å². The van der Waals surface area contributed by atoms with Gasteiger partial charge in [0.1, 0.15) is 36.6 Å². The quantitative estimate of drug-likeness (QED) is 0.176. The van der Waals surface area contributed by atoms with E-state index in [1.54, 1.807) is 7.11 Å². The van der Waals surface area contributed by atoms with Crippen molar-refractivity contribution in [1.82, 2.24) is 0 Å². The highest BCUT2D eigenvalue weighted by Gasteiger charge is 2.72. The second-order valence-electron chi connectivity index (χ2n) is 13.7. The fourth-order valence-corrected chi connectivity index (χ4v) is 6.14. The monoisotopic (exact) mass is 599 g/mol. The molecule has 1 saturated carbocycles. The Morgan fingerprint density at radius 2 is 1.81 bits per heavy atom. The molecule has 238 valence electrons. The normalized spacial score (nSPS) is 29.6. The molecule has 1 amide bonds. The largest absolute Gasteiger partial charge is 0.460 e. The van der Waals surface area contributed by atoms with Crippen LogP contribution in [0.2, 0.25) is 0 Å². The topological polar surface area (TPSA) is 116 Å². The Morgan fingerprint density at radius 1 is 1.12 bits per heavy atom. The van der Waals surface area contributed by atoms with E-state index < -0.39 is 5.41 Å². The van der Waals surface area contributed by atoms with Crippen molar-refractivity contribution >= 4 is 23.3 Å². The number of carbonyl (C=O) groups excluding carboxylic acids is 3. The summed E-state index contributed by atoms with van der Waals surface area (Å²) in [6.07, 6.45) is 5.75. The summed E-state index contributed by atoms with van der Waals surface area (Å²) in [7, 11) is 1.68.